The molecule has 4 nitrogen and oxygen atoms in total. The van der Waals surface area contributed by atoms with Crippen LogP contribution in [0.2, 0.25) is 10.0 Å². The van der Waals surface area contributed by atoms with Gasteiger partial charge in [-0.25, -0.2) is 4.79 Å². The van der Waals surface area contributed by atoms with Gasteiger partial charge < -0.3 is 15.0 Å². The number of hydrogen-bond acceptors (Lipinski definition) is 2. The van der Waals surface area contributed by atoms with Crippen LogP contribution in [-0.4, -0.2) is 35.7 Å². The molecule has 1 fully saturated rings. The first-order valence-electron chi connectivity index (χ1n) is 7.43. The molecule has 6 heteroatoms. The van der Waals surface area contributed by atoms with Crippen molar-refractivity contribution in [2.75, 3.05) is 13.1 Å². The van der Waals surface area contributed by atoms with Crippen molar-refractivity contribution in [1.29, 1.82) is 0 Å². The van der Waals surface area contributed by atoms with E-state index in [0.29, 0.717) is 28.9 Å². The minimum Gasteiger partial charge on any atom is -0.490 e. The number of ether oxygens (including phenoxy) is 1. The molecule has 0 unspecified atom stereocenters. The Labute approximate surface area is 141 Å². The summed E-state index contributed by atoms with van der Waals surface area (Å²) < 4.78 is 5.92. The maximum atomic E-state index is 12.1. The number of carbonyl (C=O) groups is 1. The largest absolute Gasteiger partial charge is 0.490 e. The molecule has 0 aromatic heterocycles. The summed E-state index contributed by atoms with van der Waals surface area (Å²) in [7, 11) is 0. The maximum Gasteiger partial charge on any atom is 0.317 e. The number of carbonyl (C=O) groups excluding carboxylic acids is 1. The second kappa shape index (κ2) is 6.97. The Morgan fingerprint density at radius 1 is 1.23 bits per heavy atom. The van der Waals surface area contributed by atoms with Gasteiger partial charge in [0.05, 0.1) is 10.0 Å². The molecule has 1 aromatic carbocycles. The van der Waals surface area contributed by atoms with Gasteiger partial charge in [0.25, 0.3) is 0 Å². The van der Waals surface area contributed by atoms with Gasteiger partial charge >= 0.3 is 6.03 Å². The Bertz CT molecular complexity index is 535. The van der Waals surface area contributed by atoms with E-state index in [1.807, 2.05) is 31.7 Å². The van der Waals surface area contributed by atoms with Gasteiger partial charge in [0.2, 0.25) is 0 Å². The van der Waals surface area contributed by atoms with E-state index in [2.05, 4.69) is 5.32 Å². The highest BCUT2D eigenvalue weighted by Crippen LogP contribution is 2.28. The number of rotatable bonds is 2. The zero-order valence-corrected chi connectivity index (χ0v) is 14.7. The second-order valence-corrected chi connectivity index (χ2v) is 7.37. The Balaban J connectivity index is 1.84. The number of hydrogen-bond donors (Lipinski definition) is 1. The maximum absolute atomic E-state index is 12.1. The number of nitrogens with zero attached hydrogens (tertiary/aromatic N) is 1. The third-order valence-corrected chi connectivity index (χ3v) is 4.14. The number of likely N-dealkylation sites (tertiary alicyclic amines) is 1. The van der Waals surface area contributed by atoms with E-state index < -0.39 is 0 Å². The van der Waals surface area contributed by atoms with Crippen LogP contribution in [0, 0.1) is 0 Å². The molecule has 0 saturated carbocycles. The summed E-state index contributed by atoms with van der Waals surface area (Å²) in [5, 5.41) is 3.98. The molecular weight excluding hydrogens is 323 g/mol. The summed E-state index contributed by atoms with van der Waals surface area (Å²) >= 11 is 11.9. The highest BCUT2D eigenvalue weighted by atomic mass is 35.5. The van der Waals surface area contributed by atoms with Crippen LogP contribution in [0.25, 0.3) is 0 Å². The Morgan fingerprint density at radius 2 is 1.86 bits per heavy atom. The van der Waals surface area contributed by atoms with E-state index in [1.54, 1.807) is 12.1 Å². The fourth-order valence-electron chi connectivity index (χ4n) is 2.32. The zero-order valence-electron chi connectivity index (χ0n) is 13.2. The predicted molar refractivity (Wildman–Crippen MR) is 90.0 cm³/mol. The molecule has 122 valence electrons. The number of urea groups is 1. The fourth-order valence-corrected chi connectivity index (χ4v) is 2.61. The Morgan fingerprint density at radius 3 is 2.41 bits per heavy atom. The molecule has 0 bridgehead atoms. The monoisotopic (exact) mass is 344 g/mol. The van der Waals surface area contributed by atoms with Gasteiger partial charge in [0.15, 0.2) is 0 Å². The van der Waals surface area contributed by atoms with Crippen molar-refractivity contribution in [1.82, 2.24) is 10.2 Å². The van der Waals surface area contributed by atoms with Crippen molar-refractivity contribution in [3.63, 3.8) is 0 Å². The van der Waals surface area contributed by atoms with Gasteiger partial charge in [-0.1, -0.05) is 23.2 Å². The highest BCUT2D eigenvalue weighted by molar-refractivity contribution is 6.42. The molecule has 0 spiro atoms. The summed E-state index contributed by atoms with van der Waals surface area (Å²) in [4.78, 5) is 13.9. The standard InChI is InChI=1S/C16H22Cl2N2O2/c1-16(2,3)19-15(21)20-8-6-11(7-9-20)22-12-4-5-13(17)14(18)10-12/h4-5,10-11H,6-9H2,1-3H3,(H,19,21). The van der Waals surface area contributed by atoms with Crippen LogP contribution in [0.4, 0.5) is 4.79 Å². The Hall–Kier alpha value is -1.13. The molecule has 1 saturated heterocycles. The number of piperidine rings is 1. The lowest BCUT2D eigenvalue weighted by molar-refractivity contribution is 0.108. The molecule has 1 heterocycles. The SMILES string of the molecule is CC(C)(C)NC(=O)N1CCC(Oc2ccc(Cl)c(Cl)c2)CC1. The Kier molecular flexibility index (Phi) is 5.45. The van der Waals surface area contributed by atoms with Crippen molar-refractivity contribution >= 4 is 29.2 Å². The van der Waals surface area contributed by atoms with Crippen molar-refractivity contribution in [2.24, 2.45) is 0 Å². The molecular formula is C16H22Cl2N2O2. The summed E-state index contributed by atoms with van der Waals surface area (Å²) in [5.41, 5.74) is -0.218. The van der Waals surface area contributed by atoms with Crippen LogP contribution in [0.1, 0.15) is 33.6 Å². The van der Waals surface area contributed by atoms with Gasteiger partial charge in [-0.15, -0.1) is 0 Å². The zero-order chi connectivity index (χ0) is 16.3. The number of nitrogens with one attached hydrogen (secondary N) is 1. The van der Waals surface area contributed by atoms with Gasteiger partial charge in [0, 0.05) is 37.5 Å². The van der Waals surface area contributed by atoms with E-state index in [4.69, 9.17) is 27.9 Å². The fraction of sp³-hybridized carbons (Fsp3) is 0.562. The lowest BCUT2D eigenvalue weighted by Crippen LogP contribution is -2.51. The van der Waals surface area contributed by atoms with Crippen LogP contribution < -0.4 is 10.1 Å². The number of amides is 2. The summed E-state index contributed by atoms with van der Waals surface area (Å²) in [6, 6.07) is 5.25. The third kappa shape index (κ3) is 4.96. The van der Waals surface area contributed by atoms with Gasteiger partial charge in [-0.3, -0.25) is 0 Å². The molecule has 1 aliphatic heterocycles. The normalized spacial score (nSPS) is 16.5. The molecule has 0 radical (unpaired) electrons. The van der Waals surface area contributed by atoms with Crippen molar-refractivity contribution in [3.8, 4) is 5.75 Å². The van der Waals surface area contributed by atoms with E-state index in [1.165, 1.54) is 0 Å². The molecule has 1 N–H and O–H groups in total. The third-order valence-electron chi connectivity index (χ3n) is 3.40. The molecule has 2 amide bonds. The lowest BCUT2D eigenvalue weighted by atomic mass is 10.1. The average Bonchev–Trinajstić information content (AvgIpc) is 2.42. The van der Waals surface area contributed by atoms with Crippen molar-refractivity contribution < 1.29 is 9.53 Å². The van der Waals surface area contributed by atoms with Crippen LogP contribution in [0.15, 0.2) is 18.2 Å². The first-order chi connectivity index (χ1) is 10.2. The molecule has 1 aliphatic rings. The first-order valence-corrected chi connectivity index (χ1v) is 8.19. The lowest BCUT2D eigenvalue weighted by Gasteiger charge is -2.34. The smallest absolute Gasteiger partial charge is 0.317 e. The molecule has 22 heavy (non-hydrogen) atoms. The number of halogens is 2. The van der Waals surface area contributed by atoms with Crippen LogP contribution >= 0.6 is 23.2 Å². The summed E-state index contributed by atoms with van der Waals surface area (Å²) in [6.07, 6.45) is 1.70. The molecule has 0 atom stereocenters. The van der Waals surface area contributed by atoms with E-state index in [0.717, 1.165) is 12.8 Å². The van der Waals surface area contributed by atoms with E-state index in [9.17, 15) is 4.79 Å². The molecule has 1 aromatic rings. The molecule has 0 aliphatic carbocycles. The second-order valence-electron chi connectivity index (χ2n) is 6.56. The van der Waals surface area contributed by atoms with Gasteiger partial charge in [-0.2, -0.15) is 0 Å². The number of benzene rings is 1. The molecule has 2 rings (SSSR count). The van der Waals surface area contributed by atoms with Gasteiger partial charge in [0.1, 0.15) is 11.9 Å². The minimum atomic E-state index is -0.218. The topological polar surface area (TPSA) is 41.6 Å². The van der Waals surface area contributed by atoms with Gasteiger partial charge in [-0.05, 0) is 32.9 Å². The first kappa shape index (κ1) is 17.2. The summed E-state index contributed by atoms with van der Waals surface area (Å²) in [5.74, 6) is 0.715. The van der Waals surface area contributed by atoms with Crippen molar-refractivity contribution in [2.45, 2.75) is 45.3 Å². The van der Waals surface area contributed by atoms with Crippen LogP contribution in [-0.2, 0) is 0 Å². The van der Waals surface area contributed by atoms with Crippen LogP contribution in [0.3, 0.4) is 0 Å². The average molecular weight is 345 g/mol. The van der Waals surface area contributed by atoms with Crippen molar-refractivity contribution in [3.05, 3.63) is 28.2 Å². The summed E-state index contributed by atoms with van der Waals surface area (Å²) in [6.45, 7) is 7.31. The highest BCUT2D eigenvalue weighted by Gasteiger charge is 2.26. The predicted octanol–water partition coefficient (Wildman–Crippen LogP) is 4.34. The quantitative estimate of drug-likeness (QED) is 0.866. The van der Waals surface area contributed by atoms with E-state index >= 15 is 0 Å². The van der Waals surface area contributed by atoms with Crippen LogP contribution in [0.5, 0.6) is 5.75 Å². The minimum absolute atomic E-state index is 0.0134. The van der Waals surface area contributed by atoms with E-state index in [-0.39, 0.29) is 17.7 Å².